The van der Waals surface area contributed by atoms with Gasteiger partial charge in [-0.2, -0.15) is 0 Å². The van der Waals surface area contributed by atoms with Gasteiger partial charge in [-0.05, 0) is 98.8 Å². The monoisotopic (exact) mass is 283 g/mol. The fourth-order valence-electron chi connectivity index (χ4n) is 5.86. The van der Waals surface area contributed by atoms with Crippen molar-refractivity contribution in [3.05, 3.63) is 34.9 Å². The largest absolute Gasteiger partial charge is 0.312 e. The zero-order valence-electron chi connectivity index (χ0n) is 13.6. The summed E-state index contributed by atoms with van der Waals surface area (Å²) in [6, 6.07) is 6.66. The van der Waals surface area contributed by atoms with Crippen LogP contribution in [0.25, 0.3) is 0 Å². The SMILES string of the molecule is Cc1cccc(C)c1CNCC1C2CC3CC(C2)CC1C3. The van der Waals surface area contributed by atoms with Gasteiger partial charge in [-0.25, -0.2) is 0 Å². The van der Waals surface area contributed by atoms with Gasteiger partial charge in [0.25, 0.3) is 0 Å². The number of rotatable bonds is 4. The lowest BCUT2D eigenvalue weighted by atomic mass is 9.52. The summed E-state index contributed by atoms with van der Waals surface area (Å²) in [5.41, 5.74) is 4.39. The molecule has 0 radical (unpaired) electrons. The van der Waals surface area contributed by atoms with Gasteiger partial charge in [0.05, 0.1) is 0 Å². The van der Waals surface area contributed by atoms with Gasteiger partial charge in [0.1, 0.15) is 0 Å². The van der Waals surface area contributed by atoms with Crippen LogP contribution in [-0.2, 0) is 6.54 Å². The molecule has 4 fully saturated rings. The van der Waals surface area contributed by atoms with Crippen LogP contribution in [0.2, 0.25) is 0 Å². The molecule has 0 amide bonds. The maximum Gasteiger partial charge on any atom is 0.0210 e. The Hall–Kier alpha value is -0.820. The summed E-state index contributed by atoms with van der Waals surface area (Å²) in [5.74, 6) is 5.27. The molecule has 4 aliphatic carbocycles. The van der Waals surface area contributed by atoms with Gasteiger partial charge in [0.15, 0.2) is 0 Å². The van der Waals surface area contributed by atoms with E-state index in [2.05, 4.69) is 37.4 Å². The van der Waals surface area contributed by atoms with Crippen molar-refractivity contribution in [1.82, 2.24) is 5.32 Å². The van der Waals surface area contributed by atoms with Gasteiger partial charge in [-0.1, -0.05) is 18.2 Å². The first kappa shape index (κ1) is 13.8. The highest BCUT2D eigenvalue weighted by atomic mass is 14.9. The number of aryl methyl sites for hydroxylation is 2. The first-order chi connectivity index (χ1) is 10.2. The van der Waals surface area contributed by atoms with Crippen LogP contribution in [0.3, 0.4) is 0 Å². The molecule has 4 aliphatic rings. The number of hydrogen-bond donors (Lipinski definition) is 1. The molecule has 21 heavy (non-hydrogen) atoms. The van der Waals surface area contributed by atoms with E-state index in [1.165, 1.54) is 23.2 Å². The molecular formula is C20H29N. The van der Waals surface area contributed by atoms with Crippen LogP contribution in [0.1, 0.15) is 48.8 Å². The quantitative estimate of drug-likeness (QED) is 0.860. The van der Waals surface area contributed by atoms with Crippen LogP contribution < -0.4 is 5.32 Å². The molecule has 1 heteroatoms. The molecule has 0 aliphatic heterocycles. The molecule has 4 bridgehead atoms. The molecule has 0 heterocycles. The molecule has 1 nitrogen and oxygen atoms in total. The van der Waals surface area contributed by atoms with Crippen molar-refractivity contribution in [3.63, 3.8) is 0 Å². The Morgan fingerprint density at radius 3 is 2.05 bits per heavy atom. The zero-order chi connectivity index (χ0) is 14.4. The van der Waals surface area contributed by atoms with Gasteiger partial charge in [-0.3, -0.25) is 0 Å². The van der Waals surface area contributed by atoms with Gasteiger partial charge in [0, 0.05) is 6.54 Å². The van der Waals surface area contributed by atoms with E-state index < -0.39 is 0 Å². The van der Waals surface area contributed by atoms with Gasteiger partial charge < -0.3 is 5.32 Å². The Balaban J connectivity index is 1.37. The third kappa shape index (κ3) is 2.54. The number of benzene rings is 1. The molecule has 0 unspecified atom stereocenters. The summed E-state index contributed by atoms with van der Waals surface area (Å²) >= 11 is 0. The maximum absolute atomic E-state index is 3.81. The normalized spacial score (nSPS) is 37.1. The molecule has 0 spiro atoms. The lowest BCUT2D eigenvalue weighted by Crippen LogP contribution is -2.48. The minimum atomic E-state index is 0.974. The Labute approximate surface area is 129 Å². The Morgan fingerprint density at radius 2 is 1.48 bits per heavy atom. The summed E-state index contributed by atoms with van der Waals surface area (Å²) in [7, 11) is 0. The smallest absolute Gasteiger partial charge is 0.0210 e. The molecule has 1 aromatic rings. The third-order valence-electron chi connectivity index (χ3n) is 6.75. The lowest BCUT2D eigenvalue weighted by molar-refractivity contribution is -0.0355. The van der Waals surface area contributed by atoms with Crippen molar-refractivity contribution in [1.29, 1.82) is 0 Å². The topological polar surface area (TPSA) is 12.0 Å². The van der Waals surface area contributed by atoms with E-state index in [0.717, 1.165) is 36.1 Å². The summed E-state index contributed by atoms with van der Waals surface area (Å²) in [6.07, 6.45) is 7.74. The number of hydrogen-bond acceptors (Lipinski definition) is 1. The molecule has 0 saturated heterocycles. The molecule has 4 saturated carbocycles. The van der Waals surface area contributed by atoms with Crippen molar-refractivity contribution in [2.24, 2.45) is 29.6 Å². The van der Waals surface area contributed by atoms with Crippen molar-refractivity contribution in [3.8, 4) is 0 Å². The van der Waals surface area contributed by atoms with Crippen LogP contribution in [0, 0.1) is 43.4 Å². The summed E-state index contributed by atoms with van der Waals surface area (Å²) < 4.78 is 0. The van der Waals surface area contributed by atoms with E-state index in [-0.39, 0.29) is 0 Å². The molecule has 0 atom stereocenters. The molecule has 0 aromatic heterocycles. The highest BCUT2D eigenvalue weighted by Crippen LogP contribution is 2.56. The van der Waals surface area contributed by atoms with E-state index in [0.29, 0.717) is 0 Å². The highest BCUT2D eigenvalue weighted by molar-refractivity contribution is 5.33. The standard InChI is InChI=1S/C20H29N/c1-13-4-3-5-14(2)19(13)11-21-12-20-17-7-15-6-16(9-17)10-18(20)8-15/h3-5,15-18,20-21H,6-12H2,1-2H3. The molecule has 1 aromatic carbocycles. The predicted molar refractivity (Wildman–Crippen MR) is 88.2 cm³/mol. The fourth-order valence-corrected chi connectivity index (χ4v) is 5.86. The summed E-state index contributed by atoms with van der Waals surface area (Å²) in [4.78, 5) is 0. The van der Waals surface area contributed by atoms with Crippen molar-refractivity contribution < 1.29 is 0 Å². The summed E-state index contributed by atoms with van der Waals surface area (Å²) in [5, 5.41) is 3.81. The van der Waals surface area contributed by atoms with E-state index >= 15 is 0 Å². The Kier molecular flexibility index (Phi) is 3.57. The second-order valence-corrected chi connectivity index (χ2v) is 8.10. The average Bonchev–Trinajstić information content (AvgIpc) is 2.44. The van der Waals surface area contributed by atoms with E-state index in [4.69, 9.17) is 0 Å². The second kappa shape index (κ2) is 5.43. The van der Waals surface area contributed by atoms with Gasteiger partial charge >= 0.3 is 0 Å². The van der Waals surface area contributed by atoms with Crippen LogP contribution in [0.5, 0.6) is 0 Å². The van der Waals surface area contributed by atoms with Crippen LogP contribution in [-0.4, -0.2) is 6.54 Å². The molecule has 5 rings (SSSR count). The molecular weight excluding hydrogens is 254 g/mol. The maximum atomic E-state index is 3.81. The number of nitrogens with one attached hydrogen (secondary N) is 1. The van der Waals surface area contributed by atoms with E-state index in [1.54, 1.807) is 32.1 Å². The van der Waals surface area contributed by atoms with Crippen LogP contribution in [0.4, 0.5) is 0 Å². The molecule has 114 valence electrons. The Morgan fingerprint density at radius 1 is 0.905 bits per heavy atom. The first-order valence-electron chi connectivity index (χ1n) is 8.96. The second-order valence-electron chi connectivity index (χ2n) is 8.10. The minimum absolute atomic E-state index is 0.974. The Bertz CT molecular complexity index is 470. The predicted octanol–water partition coefficient (Wildman–Crippen LogP) is 4.47. The van der Waals surface area contributed by atoms with Crippen molar-refractivity contribution in [2.75, 3.05) is 6.54 Å². The van der Waals surface area contributed by atoms with Gasteiger partial charge in [-0.15, -0.1) is 0 Å². The van der Waals surface area contributed by atoms with Crippen LogP contribution >= 0.6 is 0 Å². The summed E-state index contributed by atoms with van der Waals surface area (Å²) in [6.45, 7) is 6.80. The van der Waals surface area contributed by atoms with Crippen molar-refractivity contribution >= 4 is 0 Å². The van der Waals surface area contributed by atoms with E-state index in [9.17, 15) is 0 Å². The average molecular weight is 283 g/mol. The lowest BCUT2D eigenvalue weighted by Gasteiger charge is -2.54. The first-order valence-corrected chi connectivity index (χ1v) is 8.96. The highest BCUT2D eigenvalue weighted by Gasteiger charge is 2.47. The third-order valence-corrected chi connectivity index (χ3v) is 6.75. The minimum Gasteiger partial charge on any atom is -0.312 e. The zero-order valence-corrected chi connectivity index (χ0v) is 13.6. The van der Waals surface area contributed by atoms with E-state index in [1.807, 2.05) is 0 Å². The molecule has 1 N–H and O–H groups in total. The fraction of sp³-hybridized carbons (Fsp3) is 0.700. The van der Waals surface area contributed by atoms with Crippen molar-refractivity contribution in [2.45, 2.75) is 52.5 Å². The van der Waals surface area contributed by atoms with Gasteiger partial charge in [0.2, 0.25) is 0 Å². The van der Waals surface area contributed by atoms with Crippen LogP contribution in [0.15, 0.2) is 18.2 Å².